The molecule has 82 valence electrons. The summed E-state index contributed by atoms with van der Waals surface area (Å²) in [6.07, 6.45) is -0.458. The molecule has 0 saturated carbocycles. The Bertz CT molecular complexity index is 366. The van der Waals surface area contributed by atoms with Crippen molar-refractivity contribution in [2.45, 2.75) is 19.4 Å². The Balaban J connectivity index is 2.64. The lowest BCUT2D eigenvalue weighted by molar-refractivity contribution is -0.138. The number of halogens is 2. The Labute approximate surface area is 97.6 Å². The molecule has 0 saturated heterocycles. The fourth-order valence-electron chi connectivity index (χ4n) is 1.07. The highest BCUT2D eigenvalue weighted by molar-refractivity contribution is 6.42. The van der Waals surface area contributed by atoms with Crippen molar-refractivity contribution in [2.75, 3.05) is 0 Å². The van der Waals surface area contributed by atoms with E-state index in [1.807, 2.05) is 0 Å². The number of hydrogen-bond donors (Lipinski definition) is 1. The Morgan fingerprint density at radius 3 is 2.67 bits per heavy atom. The maximum absolute atomic E-state index is 10.4. The molecule has 3 nitrogen and oxygen atoms in total. The fraction of sp³-hybridized carbons (Fsp3) is 0.300. The second-order valence-electron chi connectivity index (χ2n) is 3.10. The zero-order valence-electron chi connectivity index (χ0n) is 8.04. The average molecular weight is 249 g/mol. The lowest BCUT2D eigenvalue weighted by atomic mass is 10.3. The number of rotatable bonds is 4. The topological polar surface area (TPSA) is 46.5 Å². The van der Waals surface area contributed by atoms with Crippen LogP contribution in [0.5, 0.6) is 5.75 Å². The van der Waals surface area contributed by atoms with E-state index in [0.29, 0.717) is 15.8 Å². The van der Waals surface area contributed by atoms with Crippen LogP contribution in [-0.4, -0.2) is 17.2 Å². The van der Waals surface area contributed by atoms with Crippen molar-refractivity contribution in [1.29, 1.82) is 0 Å². The van der Waals surface area contributed by atoms with E-state index in [9.17, 15) is 4.79 Å². The van der Waals surface area contributed by atoms with Crippen LogP contribution in [0.15, 0.2) is 18.2 Å². The molecule has 0 fully saturated rings. The second-order valence-corrected chi connectivity index (χ2v) is 3.92. The number of hydrogen-bond acceptors (Lipinski definition) is 2. The summed E-state index contributed by atoms with van der Waals surface area (Å²) < 4.78 is 5.34. The minimum absolute atomic E-state index is 0.0553. The maximum atomic E-state index is 10.4. The SMILES string of the molecule is CC(CC(=O)O)Oc1ccc(Cl)c(Cl)c1. The molecule has 0 aromatic heterocycles. The molecule has 0 spiro atoms. The number of aliphatic carboxylic acids is 1. The van der Waals surface area contributed by atoms with Crippen molar-refractivity contribution < 1.29 is 14.6 Å². The van der Waals surface area contributed by atoms with Gasteiger partial charge < -0.3 is 9.84 Å². The molecule has 1 unspecified atom stereocenters. The lowest BCUT2D eigenvalue weighted by Crippen LogP contribution is -2.16. The number of carbonyl (C=O) groups is 1. The largest absolute Gasteiger partial charge is 0.490 e. The van der Waals surface area contributed by atoms with Gasteiger partial charge in [0.1, 0.15) is 11.9 Å². The maximum Gasteiger partial charge on any atom is 0.307 e. The zero-order valence-corrected chi connectivity index (χ0v) is 9.55. The first-order valence-corrected chi connectivity index (χ1v) is 5.08. The minimum Gasteiger partial charge on any atom is -0.490 e. The number of benzene rings is 1. The standard InChI is InChI=1S/C10H10Cl2O3/c1-6(4-10(13)14)15-7-2-3-8(11)9(12)5-7/h2-3,5-6H,4H2,1H3,(H,13,14). The van der Waals surface area contributed by atoms with Crippen LogP contribution >= 0.6 is 23.2 Å². The van der Waals surface area contributed by atoms with Gasteiger partial charge in [0.25, 0.3) is 0 Å². The fourth-order valence-corrected chi connectivity index (χ4v) is 1.36. The highest BCUT2D eigenvalue weighted by Crippen LogP contribution is 2.26. The molecule has 0 aliphatic rings. The first-order chi connectivity index (χ1) is 6.99. The molecule has 0 aliphatic carbocycles. The third-order valence-corrected chi connectivity index (χ3v) is 2.43. The molecule has 0 amide bonds. The van der Waals surface area contributed by atoms with Gasteiger partial charge >= 0.3 is 5.97 Å². The number of carboxylic acid groups (broad SMARTS) is 1. The van der Waals surface area contributed by atoms with Crippen molar-refractivity contribution in [3.8, 4) is 5.75 Å². The molecule has 1 aromatic carbocycles. The Morgan fingerprint density at radius 1 is 1.47 bits per heavy atom. The molecule has 5 heteroatoms. The quantitative estimate of drug-likeness (QED) is 0.890. The number of ether oxygens (including phenoxy) is 1. The smallest absolute Gasteiger partial charge is 0.307 e. The van der Waals surface area contributed by atoms with E-state index >= 15 is 0 Å². The van der Waals surface area contributed by atoms with Gasteiger partial charge in [-0.3, -0.25) is 4.79 Å². The first-order valence-electron chi connectivity index (χ1n) is 4.32. The summed E-state index contributed by atoms with van der Waals surface area (Å²) in [6.45, 7) is 1.68. The van der Waals surface area contributed by atoms with E-state index in [0.717, 1.165) is 0 Å². The normalized spacial score (nSPS) is 12.2. The molecular formula is C10H10Cl2O3. The van der Waals surface area contributed by atoms with E-state index in [2.05, 4.69) is 0 Å². The van der Waals surface area contributed by atoms with Gasteiger partial charge in [-0.25, -0.2) is 0 Å². The van der Waals surface area contributed by atoms with Crippen LogP contribution in [0.1, 0.15) is 13.3 Å². The van der Waals surface area contributed by atoms with E-state index in [1.165, 1.54) is 0 Å². The van der Waals surface area contributed by atoms with Crippen molar-refractivity contribution in [3.63, 3.8) is 0 Å². The summed E-state index contributed by atoms with van der Waals surface area (Å²) in [6, 6.07) is 4.81. The van der Waals surface area contributed by atoms with Crippen molar-refractivity contribution in [3.05, 3.63) is 28.2 Å². The molecular weight excluding hydrogens is 239 g/mol. The monoisotopic (exact) mass is 248 g/mol. The highest BCUT2D eigenvalue weighted by Gasteiger charge is 2.09. The van der Waals surface area contributed by atoms with E-state index in [1.54, 1.807) is 25.1 Å². The van der Waals surface area contributed by atoms with Gasteiger partial charge in [-0.2, -0.15) is 0 Å². The summed E-state index contributed by atoms with van der Waals surface area (Å²) in [5.41, 5.74) is 0. The molecule has 1 atom stereocenters. The van der Waals surface area contributed by atoms with Crippen LogP contribution in [-0.2, 0) is 4.79 Å². The van der Waals surface area contributed by atoms with Gasteiger partial charge in [-0.05, 0) is 19.1 Å². The summed E-state index contributed by atoms with van der Waals surface area (Å²) >= 11 is 11.5. The molecule has 0 heterocycles. The highest BCUT2D eigenvalue weighted by atomic mass is 35.5. The molecule has 1 aromatic rings. The molecule has 0 bridgehead atoms. The predicted octanol–water partition coefficient (Wildman–Crippen LogP) is 3.24. The van der Waals surface area contributed by atoms with E-state index in [4.69, 9.17) is 33.0 Å². The summed E-state index contributed by atoms with van der Waals surface area (Å²) in [7, 11) is 0. The van der Waals surface area contributed by atoms with Gasteiger partial charge in [0.2, 0.25) is 0 Å². The Hall–Kier alpha value is -0.930. The van der Waals surface area contributed by atoms with Crippen LogP contribution in [0.3, 0.4) is 0 Å². The van der Waals surface area contributed by atoms with Crippen LogP contribution in [0.2, 0.25) is 10.0 Å². The van der Waals surface area contributed by atoms with Crippen molar-refractivity contribution in [1.82, 2.24) is 0 Å². The summed E-state index contributed by atoms with van der Waals surface area (Å²) in [5, 5.41) is 9.36. The van der Waals surface area contributed by atoms with E-state index < -0.39 is 12.1 Å². The van der Waals surface area contributed by atoms with Gasteiger partial charge in [-0.15, -0.1) is 0 Å². The Kier molecular flexibility index (Phi) is 4.24. The summed E-state index contributed by atoms with van der Waals surface area (Å²) in [4.78, 5) is 10.4. The third kappa shape index (κ3) is 3.98. The minimum atomic E-state index is -0.900. The van der Waals surface area contributed by atoms with Gasteiger partial charge in [0.15, 0.2) is 0 Å². The van der Waals surface area contributed by atoms with Crippen LogP contribution in [0.25, 0.3) is 0 Å². The number of carboxylic acids is 1. The van der Waals surface area contributed by atoms with Crippen LogP contribution < -0.4 is 4.74 Å². The van der Waals surface area contributed by atoms with Gasteiger partial charge in [0, 0.05) is 6.07 Å². The molecule has 0 aliphatic heterocycles. The Morgan fingerprint density at radius 2 is 2.13 bits per heavy atom. The van der Waals surface area contributed by atoms with E-state index in [-0.39, 0.29) is 6.42 Å². The van der Waals surface area contributed by atoms with Crippen molar-refractivity contribution in [2.24, 2.45) is 0 Å². The molecule has 1 N–H and O–H groups in total. The zero-order chi connectivity index (χ0) is 11.4. The van der Waals surface area contributed by atoms with Gasteiger partial charge in [-0.1, -0.05) is 23.2 Å². The summed E-state index contributed by atoms with van der Waals surface area (Å²) in [5.74, 6) is -0.388. The predicted molar refractivity (Wildman–Crippen MR) is 58.8 cm³/mol. The average Bonchev–Trinajstić information content (AvgIpc) is 2.10. The van der Waals surface area contributed by atoms with Crippen LogP contribution in [0.4, 0.5) is 0 Å². The third-order valence-electron chi connectivity index (χ3n) is 1.69. The first kappa shape index (κ1) is 12.1. The molecule has 0 radical (unpaired) electrons. The second kappa shape index (κ2) is 5.24. The van der Waals surface area contributed by atoms with Crippen LogP contribution in [0, 0.1) is 0 Å². The van der Waals surface area contributed by atoms with Crippen molar-refractivity contribution >= 4 is 29.2 Å². The van der Waals surface area contributed by atoms with Gasteiger partial charge in [0.05, 0.1) is 16.5 Å². The molecule has 1 rings (SSSR count). The lowest BCUT2D eigenvalue weighted by Gasteiger charge is -2.12. The molecule has 15 heavy (non-hydrogen) atoms.